The van der Waals surface area contributed by atoms with Crippen LogP contribution in [0, 0.1) is 6.92 Å². The van der Waals surface area contributed by atoms with Crippen LogP contribution in [0.15, 0.2) is 28.7 Å². The average Bonchev–Trinajstić information content (AvgIpc) is 3.27. The minimum atomic E-state index is -0.176. The number of hydrogen-bond donors (Lipinski definition) is 0. The van der Waals surface area contributed by atoms with E-state index in [9.17, 15) is 9.59 Å². The van der Waals surface area contributed by atoms with Crippen molar-refractivity contribution in [2.24, 2.45) is 0 Å². The van der Waals surface area contributed by atoms with Crippen molar-refractivity contribution in [1.82, 2.24) is 9.88 Å². The molecule has 1 saturated heterocycles. The van der Waals surface area contributed by atoms with Gasteiger partial charge in [-0.1, -0.05) is 50.1 Å². The maximum atomic E-state index is 11.7. The van der Waals surface area contributed by atoms with Crippen LogP contribution in [0.3, 0.4) is 0 Å². The van der Waals surface area contributed by atoms with Crippen LogP contribution < -0.4 is 4.74 Å². The molecule has 31 heavy (non-hydrogen) atoms. The summed E-state index contributed by atoms with van der Waals surface area (Å²) >= 11 is 1.06. The third-order valence-corrected chi connectivity index (χ3v) is 6.94. The number of amides is 2. The topological polar surface area (TPSA) is 72.6 Å². The summed E-state index contributed by atoms with van der Waals surface area (Å²) in [5.41, 5.74) is 1.94. The van der Waals surface area contributed by atoms with Crippen molar-refractivity contribution in [3.8, 4) is 5.75 Å². The maximum absolute atomic E-state index is 11.7. The van der Waals surface area contributed by atoms with Gasteiger partial charge in [-0.25, -0.2) is 4.98 Å². The first kappa shape index (κ1) is 24.4. The number of benzene rings is 1. The molecule has 0 radical (unpaired) electrons. The van der Waals surface area contributed by atoms with Gasteiger partial charge in [0.15, 0.2) is 0 Å². The number of thioether (sulfide) groups is 1. The Morgan fingerprint density at radius 3 is 2.52 bits per heavy atom. The SMILES string of the molecule is Cc1oc(C2(C)CCCCC2)nc1CCOc1ccc(CN2C(=O)CSC2=O)cc1.[NaH]. The normalized spacial score (nSPS) is 18.2. The van der Waals surface area contributed by atoms with E-state index in [0.29, 0.717) is 19.6 Å². The van der Waals surface area contributed by atoms with Crippen LogP contribution in [0.4, 0.5) is 4.79 Å². The summed E-state index contributed by atoms with van der Waals surface area (Å²) in [6.45, 7) is 5.07. The molecule has 1 aliphatic heterocycles. The molecule has 0 spiro atoms. The molecule has 2 aromatic rings. The van der Waals surface area contributed by atoms with E-state index in [1.54, 1.807) is 0 Å². The Balaban J connectivity index is 0.00000272. The van der Waals surface area contributed by atoms with Crippen LogP contribution in [-0.2, 0) is 23.2 Å². The van der Waals surface area contributed by atoms with Gasteiger partial charge in [0.1, 0.15) is 11.5 Å². The molecule has 4 rings (SSSR count). The van der Waals surface area contributed by atoms with Crippen molar-refractivity contribution in [3.05, 3.63) is 47.2 Å². The van der Waals surface area contributed by atoms with Crippen LogP contribution in [0.5, 0.6) is 5.75 Å². The third kappa shape index (κ3) is 5.75. The fraction of sp³-hybridized carbons (Fsp3) is 0.522. The molecule has 2 fully saturated rings. The Morgan fingerprint density at radius 1 is 1.16 bits per heavy atom. The molecule has 2 amide bonds. The zero-order chi connectivity index (χ0) is 21.1. The van der Waals surface area contributed by atoms with E-state index in [4.69, 9.17) is 14.1 Å². The van der Waals surface area contributed by atoms with E-state index in [1.807, 2.05) is 31.2 Å². The summed E-state index contributed by atoms with van der Waals surface area (Å²) in [4.78, 5) is 29.5. The fourth-order valence-corrected chi connectivity index (χ4v) is 4.86. The van der Waals surface area contributed by atoms with Crippen LogP contribution in [0.25, 0.3) is 0 Å². The average molecular weight is 453 g/mol. The van der Waals surface area contributed by atoms with Crippen LogP contribution in [-0.4, -0.2) is 62.9 Å². The number of aromatic nitrogens is 1. The summed E-state index contributed by atoms with van der Waals surface area (Å²) < 4.78 is 11.9. The molecular weight excluding hydrogens is 423 g/mol. The van der Waals surface area contributed by atoms with E-state index in [2.05, 4.69) is 6.92 Å². The third-order valence-electron chi connectivity index (χ3n) is 6.08. The Hall–Kier alpha value is -1.28. The molecule has 0 unspecified atom stereocenters. The molecular formula is C23H29N2NaO4S. The number of carbonyl (C=O) groups is 2. The standard InChI is InChI=1S/C23H28N2O4S.Na.H/c1-16-19(24-21(29-16)23(2)11-4-3-5-12-23)10-13-28-18-8-6-17(7-9-18)14-25-20(26)15-30-22(25)27;;/h6-9H,3-5,10-15H2,1-2H3;;. The first-order chi connectivity index (χ1) is 14.4. The Morgan fingerprint density at radius 2 is 1.87 bits per heavy atom. The predicted octanol–water partition coefficient (Wildman–Crippen LogP) is 4.37. The minimum absolute atomic E-state index is 0. The van der Waals surface area contributed by atoms with Crippen molar-refractivity contribution >= 4 is 52.5 Å². The molecule has 0 bridgehead atoms. The summed E-state index contributed by atoms with van der Waals surface area (Å²) in [6.07, 6.45) is 6.77. The number of rotatable bonds is 7. The summed E-state index contributed by atoms with van der Waals surface area (Å²) in [7, 11) is 0. The number of aryl methyl sites for hydroxylation is 1. The van der Waals surface area contributed by atoms with Crippen LogP contribution >= 0.6 is 11.8 Å². The molecule has 6 nitrogen and oxygen atoms in total. The fourth-order valence-electron chi connectivity index (χ4n) is 4.14. The molecule has 8 heteroatoms. The molecule has 0 N–H and O–H groups in total. The number of ether oxygens (including phenoxy) is 1. The van der Waals surface area contributed by atoms with Gasteiger partial charge < -0.3 is 9.15 Å². The monoisotopic (exact) mass is 452 g/mol. The second kappa shape index (κ2) is 10.6. The van der Waals surface area contributed by atoms with E-state index in [1.165, 1.54) is 24.2 Å². The van der Waals surface area contributed by atoms with Crippen LogP contribution in [0.1, 0.15) is 61.9 Å². The van der Waals surface area contributed by atoms with E-state index in [-0.39, 0.29) is 51.9 Å². The predicted molar refractivity (Wildman–Crippen MR) is 123 cm³/mol. The van der Waals surface area contributed by atoms with Gasteiger partial charge in [0, 0.05) is 11.8 Å². The second-order valence-corrected chi connectivity index (χ2v) is 9.35. The van der Waals surface area contributed by atoms with Crippen molar-refractivity contribution < 1.29 is 18.7 Å². The van der Waals surface area contributed by atoms with Gasteiger partial charge >= 0.3 is 29.6 Å². The molecule has 1 aromatic carbocycles. The molecule has 1 saturated carbocycles. The van der Waals surface area contributed by atoms with Crippen LogP contribution in [0.2, 0.25) is 0 Å². The molecule has 162 valence electrons. The summed E-state index contributed by atoms with van der Waals surface area (Å²) in [5.74, 6) is 2.63. The number of nitrogens with zero attached hydrogens (tertiary/aromatic N) is 2. The van der Waals surface area contributed by atoms with Gasteiger partial charge in [-0.05, 0) is 37.5 Å². The van der Waals surface area contributed by atoms with Crippen molar-refractivity contribution in [3.63, 3.8) is 0 Å². The van der Waals surface area contributed by atoms with Gasteiger partial charge in [-0.2, -0.15) is 0 Å². The molecule has 2 aliphatic rings. The Labute approximate surface area is 209 Å². The summed E-state index contributed by atoms with van der Waals surface area (Å²) in [5, 5.41) is -0.176. The molecule has 2 heterocycles. The zero-order valence-electron chi connectivity index (χ0n) is 17.6. The van der Waals surface area contributed by atoms with Gasteiger partial charge in [-0.3, -0.25) is 14.5 Å². The van der Waals surface area contributed by atoms with Gasteiger partial charge in [0.05, 0.1) is 24.6 Å². The Bertz CT molecular complexity index is 906. The van der Waals surface area contributed by atoms with E-state index in [0.717, 1.165) is 53.3 Å². The first-order valence-corrected chi connectivity index (χ1v) is 11.6. The molecule has 1 aliphatic carbocycles. The zero-order valence-corrected chi connectivity index (χ0v) is 18.4. The number of oxazole rings is 1. The molecule has 1 aromatic heterocycles. The van der Waals surface area contributed by atoms with Gasteiger partial charge in [0.2, 0.25) is 11.8 Å². The second-order valence-electron chi connectivity index (χ2n) is 8.42. The van der Waals surface area contributed by atoms with Gasteiger partial charge in [0.25, 0.3) is 5.24 Å². The van der Waals surface area contributed by atoms with Crippen molar-refractivity contribution in [2.45, 2.75) is 64.3 Å². The van der Waals surface area contributed by atoms with Gasteiger partial charge in [-0.15, -0.1) is 0 Å². The number of imide groups is 1. The van der Waals surface area contributed by atoms with E-state index >= 15 is 0 Å². The number of hydrogen-bond acceptors (Lipinski definition) is 6. The van der Waals surface area contributed by atoms with E-state index < -0.39 is 0 Å². The number of carbonyl (C=O) groups excluding carboxylic acids is 2. The Kier molecular flexibility index (Phi) is 8.30. The van der Waals surface area contributed by atoms with Crippen molar-refractivity contribution in [1.29, 1.82) is 0 Å². The molecule has 0 atom stereocenters. The van der Waals surface area contributed by atoms with Crippen molar-refractivity contribution in [2.75, 3.05) is 12.4 Å². The quantitative estimate of drug-likeness (QED) is 0.581. The first-order valence-electron chi connectivity index (χ1n) is 10.6. The summed E-state index contributed by atoms with van der Waals surface area (Å²) in [6, 6.07) is 7.53.